The molecule has 0 unspecified atom stereocenters. The summed E-state index contributed by atoms with van der Waals surface area (Å²) in [7, 11) is -3.81. The number of nitrogens with zero attached hydrogens (tertiary/aromatic N) is 2. The Morgan fingerprint density at radius 1 is 1.64 bits per heavy atom. The number of nitrogens with two attached hydrogens (primary N) is 2. The van der Waals surface area contributed by atoms with Gasteiger partial charge >= 0.3 is 0 Å². The highest BCUT2D eigenvalue weighted by Crippen LogP contribution is 2.04. The van der Waals surface area contributed by atoms with E-state index in [1.54, 1.807) is 0 Å². The average Bonchev–Trinajstić information content (AvgIpc) is 2.30. The van der Waals surface area contributed by atoms with Crippen LogP contribution in [0.3, 0.4) is 0 Å². The molecule has 0 fully saturated rings. The highest BCUT2D eigenvalue weighted by Gasteiger charge is 2.05. The number of carbonyl (C=O) groups excluding carboxylic acids is 1. The molecule has 1 rings (SSSR count). The van der Waals surface area contributed by atoms with Crippen LogP contribution in [0, 0.1) is 0 Å². The summed E-state index contributed by atoms with van der Waals surface area (Å²) in [4.78, 5) is 10.5. The van der Waals surface area contributed by atoms with Gasteiger partial charge in [0.2, 0.25) is 5.91 Å². The zero-order valence-electron chi connectivity index (χ0n) is 7.04. The highest BCUT2D eigenvalue weighted by molar-refractivity contribution is 7.90. The van der Waals surface area contributed by atoms with Gasteiger partial charge in [-0.15, -0.1) is 0 Å². The monoisotopic (exact) mass is 219 g/mol. The van der Waals surface area contributed by atoms with E-state index in [-0.39, 0.29) is 12.2 Å². The number of carbonyl (C=O) groups is 1. The molecule has 14 heavy (non-hydrogen) atoms. The number of hydrogen-bond donors (Lipinski definition) is 3. The molecule has 1 amide bonds. The lowest BCUT2D eigenvalue weighted by molar-refractivity contribution is -0.118. The van der Waals surface area contributed by atoms with Crippen molar-refractivity contribution in [3.05, 3.63) is 12.4 Å². The number of nitrogens with one attached hydrogen (secondary N) is 1. The molecule has 0 saturated carbocycles. The van der Waals surface area contributed by atoms with Gasteiger partial charge in [0, 0.05) is 6.20 Å². The molecule has 0 aromatic carbocycles. The zero-order valence-corrected chi connectivity index (χ0v) is 7.86. The summed E-state index contributed by atoms with van der Waals surface area (Å²) in [6.07, 6.45) is 2.52. The minimum atomic E-state index is -3.81. The molecule has 5 N–H and O–H groups in total. The molecule has 1 aromatic rings. The van der Waals surface area contributed by atoms with Gasteiger partial charge in [-0.3, -0.25) is 14.2 Å². The van der Waals surface area contributed by atoms with Crippen molar-refractivity contribution in [2.45, 2.75) is 6.54 Å². The van der Waals surface area contributed by atoms with Crippen LogP contribution in [0.1, 0.15) is 0 Å². The molecule has 9 heteroatoms. The van der Waals surface area contributed by atoms with Gasteiger partial charge in [-0.2, -0.15) is 13.5 Å². The van der Waals surface area contributed by atoms with Crippen LogP contribution in [0.5, 0.6) is 0 Å². The predicted octanol–water partition coefficient (Wildman–Crippen LogP) is -2.02. The summed E-state index contributed by atoms with van der Waals surface area (Å²) in [5, 5.41) is 8.38. The summed E-state index contributed by atoms with van der Waals surface area (Å²) >= 11 is 0. The van der Waals surface area contributed by atoms with E-state index in [1.807, 2.05) is 4.72 Å². The Balaban J connectivity index is 2.74. The lowest BCUT2D eigenvalue weighted by atomic mass is 10.6. The predicted molar refractivity (Wildman–Crippen MR) is 48.2 cm³/mol. The van der Waals surface area contributed by atoms with Crippen LogP contribution in [0.4, 0.5) is 5.69 Å². The summed E-state index contributed by atoms with van der Waals surface area (Å²) < 4.78 is 24.3. The minimum absolute atomic E-state index is 0.119. The molecule has 8 nitrogen and oxygen atoms in total. The average molecular weight is 219 g/mol. The smallest absolute Gasteiger partial charge is 0.296 e. The maximum atomic E-state index is 10.6. The Kier molecular flexibility index (Phi) is 2.72. The third-order valence-corrected chi connectivity index (χ3v) is 1.73. The van der Waals surface area contributed by atoms with Gasteiger partial charge in [0.15, 0.2) is 0 Å². The number of primary amides is 1. The van der Waals surface area contributed by atoms with Crippen molar-refractivity contribution in [3.8, 4) is 0 Å². The van der Waals surface area contributed by atoms with Crippen molar-refractivity contribution in [1.82, 2.24) is 9.78 Å². The maximum Gasteiger partial charge on any atom is 0.296 e. The van der Waals surface area contributed by atoms with Gasteiger partial charge in [0.25, 0.3) is 10.2 Å². The fourth-order valence-electron chi connectivity index (χ4n) is 0.827. The van der Waals surface area contributed by atoms with Crippen LogP contribution in [0.15, 0.2) is 12.4 Å². The molecule has 0 spiro atoms. The lowest BCUT2D eigenvalue weighted by Gasteiger charge is -1.97. The van der Waals surface area contributed by atoms with Crippen LogP contribution >= 0.6 is 0 Å². The third kappa shape index (κ3) is 3.41. The number of hydrogen-bond acceptors (Lipinski definition) is 4. The summed E-state index contributed by atoms with van der Waals surface area (Å²) in [5.74, 6) is -0.574. The molecule has 1 aromatic heterocycles. The van der Waals surface area contributed by atoms with Crippen molar-refractivity contribution in [2.24, 2.45) is 10.9 Å². The van der Waals surface area contributed by atoms with E-state index in [0.717, 1.165) is 0 Å². The normalized spacial score (nSPS) is 11.2. The van der Waals surface area contributed by atoms with E-state index < -0.39 is 16.1 Å². The molecule has 78 valence electrons. The first-order chi connectivity index (χ1) is 6.37. The zero-order chi connectivity index (χ0) is 10.8. The second kappa shape index (κ2) is 3.64. The first-order valence-corrected chi connectivity index (χ1v) is 5.03. The molecular weight excluding hydrogens is 210 g/mol. The van der Waals surface area contributed by atoms with Gasteiger partial charge in [-0.1, -0.05) is 0 Å². The van der Waals surface area contributed by atoms with E-state index in [1.165, 1.54) is 17.1 Å². The summed E-state index contributed by atoms with van der Waals surface area (Å²) in [6, 6.07) is 0. The van der Waals surface area contributed by atoms with E-state index >= 15 is 0 Å². The summed E-state index contributed by atoms with van der Waals surface area (Å²) in [6.45, 7) is -0.119. The van der Waals surface area contributed by atoms with Crippen LogP contribution in [0.25, 0.3) is 0 Å². The van der Waals surface area contributed by atoms with E-state index in [4.69, 9.17) is 10.9 Å². The van der Waals surface area contributed by atoms with E-state index in [0.29, 0.717) is 0 Å². The second-order valence-electron chi connectivity index (χ2n) is 2.54. The topological polar surface area (TPSA) is 133 Å². The first-order valence-electron chi connectivity index (χ1n) is 3.48. The van der Waals surface area contributed by atoms with Crippen molar-refractivity contribution in [1.29, 1.82) is 0 Å². The van der Waals surface area contributed by atoms with E-state index in [9.17, 15) is 13.2 Å². The van der Waals surface area contributed by atoms with Gasteiger partial charge in [-0.25, -0.2) is 5.14 Å². The Morgan fingerprint density at radius 3 is 2.79 bits per heavy atom. The van der Waals surface area contributed by atoms with Gasteiger partial charge in [0.05, 0.1) is 11.9 Å². The second-order valence-corrected chi connectivity index (χ2v) is 3.83. The fourth-order valence-corrected chi connectivity index (χ4v) is 1.26. The van der Waals surface area contributed by atoms with Gasteiger partial charge in [-0.05, 0) is 0 Å². The number of anilines is 1. The number of amides is 1. The standard InChI is InChI=1S/C5H9N5O3S/c6-5(11)3-10-2-4(1-8-10)9-14(7,12)13/h1-2,9H,3H2,(H2,6,11)(H2,7,12,13). The van der Waals surface area contributed by atoms with Crippen LogP contribution < -0.4 is 15.6 Å². The quantitative estimate of drug-likeness (QED) is 0.539. The molecule has 0 aliphatic rings. The number of aromatic nitrogens is 2. The van der Waals surface area contributed by atoms with Crippen molar-refractivity contribution >= 4 is 21.8 Å². The third-order valence-electron chi connectivity index (χ3n) is 1.21. The van der Waals surface area contributed by atoms with Crippen LogP contribution in [-0.2, 0) is 21.5 Å². The largest absolute Gasteiger partial charge is 0.368 e. The van der Waals surface area contributed by atoms with Crippen molar-refractivity contribution < 1.29 is 13.2 Å². The van der Waals surface area contributed by atoms with Crippen molar-refractivity contribution in [3.63, 3.8) is 0 Å². The molecule has 0 aliphatic carbocycles. The van der Waals surface area contributed by atoms with Gasteiger partial charge in [0.1, 0.15) is 6.54 Å². The van der Waals surface area contributed by atoms with E-state index in [2.05, 4.69) is 5.10 Å². The molecule has 0 bridgehead atoms. The molecular formula is C5H9N5O3S. The maximum absolute atomic E-state index is 10.6. The molecule has 1 heterocycles. The van der Waals surface area contributed by atoms with Crippen LogP contribution in [-0.4, -0.2) is 24.1 Å². The Hall–Kier alpha value is -1.61. The minimum Gasteiger partial charge on any atom is -0.368 e. The Morgan fingerprint density at radius 2 is 2.29 bits per heavy atom. The Labute approximate surface area is 80.1 Å². The molecule has 0 aliphatic heterocycles. The highest BCUT2D eigenvalue weighted by atomic mass is 32.2. The Bertz CT molecular complexity index is 436. The SMILES string of the molecule is NC(=O)Cn1cc(NS(N)(=O)=O)cn1. The molecule has 0 atom stereocenters. The number of rotatable bonds is 4. The van der Waals surface area contributed by atoms with Crippen LogP contribution in [0.2, 0.25) is 0 Å². The fraction of sp³-hybridized carbons (Fsp3) is 0.200. The van der Waals surface area contributed by atoms with Gasteiger partial charge < -0.3 is 5.73 Å². The molecule has 0 saturated heterocycles. The lowest BCUT2D eigenvalue weighted by Crippen LogP contribution is -2.21. The summed E-state index contributed by atoms with van der Waals surface area (Å²) in [5.41, 5.74) is 5.07. The molecule has 0 radical (unpaired) electrons. The first kappa shape index (κ1) is 10.5. The van der Waals surface area contributed by atoms with Crippen molar-refractivity contribution in [2.75, 3.05) is 4.72 Å².